The van der Waals surface area contributed by atoms with E-state index in [1.807, 2.05) is 0 Å². The number of thiazole rings is 1. The molecular weight excluding hydrogens is 379 g/mol. The zero-order chi connectivity index (χ0) is 19.5. The number of halogens is 3. The molecule has 1 aliphatic heterocycles. The quantitative estimate of drug-likeness (QED) is 0.807. The Hall–Kier alpha value is -1.97. The van der Waals surface area contributed by atoms with E-state index < -0.39 is 17.2 Å². The van der Waals surface area contributed by atoms with Gasteiger partial charge in [0.15, 0.2) is 5.13 Å². The van der Waals surface area contributed by atoms with Crippen molar-refractivity contribution in [3.8, 4) is 0 Å². The summed E-state index contributed by atoms with van der Waals surface area (Å²) < 4.78 is 43.2. The number of nitrogens with one attached hydrogen (secondary N) is 1. The van der Waals surface area contributed by atoms with Gasteiger partial charge in [0.1, 0.15) is 0 Å². The van der Waals surface area contributed by atoms with Crippen LogP contribution in [-0.2, 0) is 22.1 Å². The number of aromatic nitrogens is 1. The van der Waals surface area contributed by atoms with Crippen LogP contribution in [0.3, 0.4) is 0 Å². The lowest BCUT2D eigenvalue weighted by Crippen LogP contribution is -2.46. The van der Waals surface area contributed by atoms with Gasteiger partial charge >= 0.3 is 6.18 Å². The highest BCUT2D eigenvalue weighted by atomic mass is 32.1. The second-order valence-corrected chi connectivity index (χ2v) is 7.67. The maximum absolute atomic E-state index is 12.6. The summed E-state index contributed by atoms with van der Waals surface area (Å²) in [6, 6.07) is 5.03. The maximum Gasteiger partial charge on any atom is 0.416 e. The van der Waals surface area contributed by atoms with Crippen molar-refractivity contribution < 1.29 is 22.7 Å². The number of alkyl halides is 3. The molecule has 1 aromatic heterocycles. The SMILES string of the molecule is NCC1(C(=O)Nc2ncc(Cc3ccc(C(F)(F)F)cc3)s2)CCOCC1. The van der Waals surface area contributed by atoms with Gasteiger partial charge in [-0.2, -0.15) is 13.2 Å². The summed E-state index contributed by atoms with van der Waals surface area (Å²) in [7, 11) is 0. The summed E-state index contributed by atoms with van der Waals surface area (Å²) in [6.45, 7) is 1.25. The van der Waals surface area contributed by atoms with Gasteiger partial charge < -0.3 is 15.8 Å². The molecule has 0 bridgehead atoms. The largest absolute Gasteiger partial charge is 0.416 e. The molecule has 146 valence electrons. The smallest absolute Gasteiger partial charge is 0.381 e. The van der Waals surface area contributed by atoms with Crippen molar-refractivity contribution in [1.29, 1.82) is 0 Å². The van der Waals surface area contributed by atoms with E-state index in [4.69, 9.17) is 10.5 Å². The van der Waals surface area contributed by atoms with Crippen LogP contribution >= 0.6 is 11.3 Å². The third-order valence-corrected chi connectivity index (χ3v) is 5.67. The molecule has 1 fully saturated rings. The summed E-state index contributed by atoms with van der Waals surface area (Å²) in [4.78, 5) is 17.7. The van der Waals surface area contributed by atoms with Crippen LogP contribution in [0.2, 0.25) is 0 Å². The van der Waals surface area contributed by atoms with Gasteiger partial charge in [-0.15, -0.1) is 11.3 Å². The summed E-state index contributed by atoms with van der Waals surface area (Å²) in [6.07, 6.45) is -1.14. The Morgan fingerprint density at radius 2 is 1.93 bits per heavy atom. The summed E-state index contributed by atoms with van der Waals surface area (Å²) in [5.74, 6) is -0.163. The van der Waals surface area contributed by atoms with E-state index in [9.17, 15) is 18.0 Å². The fourth-order valence-electron chi connectivity index (χ4n) is 2.98. The minimum atomic E-state index is -4.34. The predicted molar refractivity (Wildman–Crippen MR) is 96.5 cm³/mol. The molecule has 0 saturated carbocycles. The fraction of sp³-hybridized carbons (Fsp3) is 0.444. The van der Waals surface area contributed by atoms with Crippen LogP contribution < -0.4 is 11.1 Å². The van der Waals surface area contributed by atoms with Crippen molar-refractivity contribution in [2.24, 2.45) is 11.1 Å². The van der Waals surface area contributed by atoms with Crippen LogP contribution in [0.5, 0.6) is 0 Å². The highest BCUT2D eigenvalue weighted by molar-refractivity contribution is 7.15. The minimum Gasteiger partial charge on any atom is -0.381 e. The number of hydrogen-bond donors (Lipinski definition) is 2. The second kappa shape index (κ2) is 7.95. The van der Waals surface area contributed by atoms with Gasteiger partial charge in [0.05, 0.1) is 11.0 Å². The van der Waals surface area contributed by atoms with Crippen LogP contribution in [0.1, 0.15) is 28.8 Å². The molecule has 0 atom stereocenters. The van der Waals surface area contributed by atoms with Gasteiger partial charge in [-0.1, -0.05) is 12.1 Å². The van der Waals surface area contributed by atoms with E-state index in [0.717, 1.165) is 22.6 Å². The second-order valence-electron chi connectivity index (χ2n) is 6.55. The third kappa shape index (κ3) is 4.66. The number of rotatable bonds is 5. The molecule has 2 aromatic rings. The van der Waals surface area contributed by atoms with Crippen LogP contribution in [0, 0.1) is 5.41 Å². The van der Waals surface area contributed by atoms with Gasteiger partial charge in [-0.3, -0.25) is 4.79 Å². The van der Waals surface area contributed by atoms with Crippen LogP contribution in [-0.4, -0.2) is 30.6 Å². The van der Waals surface area contributed by atoms with E-state index in [0.29, 0.717) is 37.6 Å². The van der Waals surface area contributed by atoms with Gasteiger partial charge in [-0.25, -0.2) is 4.98 Å². The van der Waals surface area contributed by atoms with E-state index in [1.54, 1.807) is 6.20 Å². The third-order valence-electron chi connectivity index (χ3n) is 4.76. The lowest BCUT2D eigenvalue weighted by Gasteiger charge is -2.34. The van der Waals surface area contributed by atoms with Gasteiger partial charge in [0.25, 0.3) is 0 Å². The van der Waals surface area contributed by atoms with Crippen molar-refractivity contribution in [1.82, 2.24) is 4.98 Å². The normalized spacial score (nSPS) is 16.9. The van der Waals surface area contributed by atoms with Gasteiger partial charge in [0, 0.05) is 37.3 Å². The molecule has 3 rings (SSSR count). The molecule has 1 aliphatic rings. The number of benzene rings is 1. The molecule has 2 heterocycles. The monoisotopic (exact) mass is 399 g/mol. The summed E-state index contributed by atoms with van der Waals surface area (Å²) >= 11 is 1.30. The number of carbonyl (C=O) groups excluding carboxylic acids is 1. The lowest BCUT2D eigenvalue weighted by molar-refractivity contribution is -0.137. The summed E-state index contributed by atoms with van der Waals surface area (Å²) in [5.41, 5.74) is 5.26. The Balaban J connectivity index is 1.63. The molecular formula is C18H20F3N3O2S. The molecule has 27 heavy (non-hydrogen) atoms. The molecule has 5 nitrogen and oxygen atoms in total. The Morgan fingerprint density at radius 3 is 2.52 bits per heavy atom. The van der Waals surface area contributed by atoms with Crippen molar-refractivity contribution >= 4 is 22.4 Å². The average molecular weight is 399 g/mol. The van der Waals surface area contributed by atoms with E-state index >= 15 is 0 Å². The van der Waals surface area contributed by atoms with E-state index in [1.165, 1.54) is 23.5 Å². The molecule has 1 saturated heterocycles. The highest BCUT2D eigenvalue weighted by Crippen LogP contribution is 2.32. The first kappa shape index (κ1) is 19.8. The predicted octanol–water partition coefficient (Wildman–Crippen LogP) is 3.45. The van der Waals surface area contributed by atoms with Crippen LogP contribution in [0.25, 0.3) is 0 Å². The Labute approximate surface area is 158 Å². The molecule has 0 spiro atoms. The van der Waals surface area contributed by atoms with Gasteiger partial charge in [0.2, 0.25) is 5.91 Å². The number of nitrogens with zero attached hydrogens (tertiary/aromatic N) is 1. The molecule has 1 amide bonds. The van der Waals surface area contributed by atoms with Crippen molar-refractivity contribution in [3.63, 3.8) is 0 Å². The van der Waals surface area contributed by atoms with Crippen molar-refractivity contribution in [2.75, 3.05) is 25.1 Å². The lowest BCUT2D eigenvalue weighted by atomic mass is 9.79. The standard InChI is InChI=1S/C18H20F3N3O2S/c19-18(20,21)13-3-1-12(2-4-13)9-14-10-23-16(27-14)24-15(25)17(11-22)5-7-26-8-6-17/h1-4,10H,5-9,11,22H2,(H,23,24,25). The number of anilines is 1. The Bertz CT molecular complexity index is 784. The number of hydrogen-bond acceptors (Lipinski definition) is 5. The zero-order valence-corrected chi connectivity index (χ0v) is 15.3. The first-order valence-electron chi connectivity index (χ1n) is 8.52. The maximum atomic E-state index is 12.6. The average Bonchev–Trinajstić information content (AvgIpc) is 3.08. The number of ether oxygens (including phenoxy) is 1. The van der Waals surface area contributed by atoms with Gasteiger partial charge in [-0.05, 0) is 30.5 Å². The number of carbonyl (C=O) groups is 1. The molecule has 0 aliphatic carbocycles. The van der Waals surface area contributed by atoms with E-state index in [-0.39, 0.29) is 12.5 Å². The molecule has 1 aromatic carbocycles. The number of nitrogens with two attached hydrogens (primary N) is 1. The van der Waals surface area contributed by atoms with Crippen molar-refractivity contribution in [3.05, 3.63) is 46.5 Å². The van der Waals surface area contributed by atoms with Crippen LogP contribution in [0.4, 0.5) is 18.3 Å². The number of amides is 1. The van der Waals surface area contributed by atoms with Crippen molar-refractivity contribution in [2.45, 2.75) is 25.4 Å². The fourth-order valence-corrected chi connectivity index (χ4v) is 3.82. The highest BCUT2D eigenvalue weighted by Gasteiger charge is 2.39. The first-order chi connectivity index (χ1) is 12.8. The Morgan fingerprint density at radius 1 is 1.26 bits per heavy atom. The first-order valence-corrected chi connectivity index (χ1v) is 9.34. The Kier molecular flexibility index (Phi) is 5.83. The molecule has 9 heteroatoms. The summed E-state index contributed by atoms with van der Waals surface area (Å²) in [5, 5.41) is 3.28. The zero-order valence-electron chi connectivity index (χ0n) is 14.5. The molecule has 0 unspecified atom stereocenters. The topological polar surface area (TPSA) is 77.2 Å². The van der Waals surface area contributed by atoms with Crippen LogP contribution in [0.15, 0.2) is 30.5 Å². The van der Waals surface area contributed by atoms with E-state index in [2.05, 4.69) is 10.3 Å². The molecule has 0 radical (unpaired) electrons. The minimum absolute atomic E-state index is 0.163. The molecule has 3 N–H and O–H groups in total.